The second-order valence-electron chi connectivity index (χ2n) is 16.0. The van der Waals surface area contributed by atoms with Crippen LogP contribution in [-0.2, 0) is 27.8 Å². The molecule has 0 spiro atoms. The van der Waals surface area contributed by atoms with Gasteiger partial charge in [0.1, 0.15) is 12.4 Å². The van der Waals surface area contributed by atoms with Gasteiger partial charge in [0.05, 0.1) is 30.3 Å². The number of halogens is 1. The second-order valence-corrected chi connectivity index (χ2v) is 18.2. The van der Waals surface area contributed by atoms with Crippen LogP contribution in [0.2, 0.25) is 5.02 Å². The third kappa shape index (κ3) is 8.54. The minimum Gasteiger partial charge on any atom is -0.487 e. The van der Waals surface area contributed by atoms with E-state index < -0.39 is 21.5 Å². The molecule has 2 saturated heterocycles. The first-order chi connectivity index (χ1) is 24.5. The highest BCUT2D eigenvalue weighted by Crippen LogP contribution is 2.47. The molecular weight excluding hydrogens is 688 g/mol. The van der Waals surface area contributed by atoms with Crippen LogP contribution in [0.25, 0.3) is 0 Å². The average Bonchev–Trinajstić information content (AvgIpc) is 3.11. The molecule has 12 heteroatoms. The summed E-state index contributed by atoms with van der Waals surface area (Å²) in [4.78, 5) is 20.8. The Morgan fingerprint density at radius 2 is 1.84 bits per heavy atom. The molecule has 5 aliphatic rings. The van der Waals surface area contributed by atoms with E-state index in [4.69, 9.17) is 21.1 Å². The first kappa shape index (κ1) is 36.9. The number of aryl methyl sites for hydroxylation is 1. The van der Waals surface area contributed by atoms with Gasteiger partial charge in [-0.25, -0.2) is 13.1 Å². The molecular formula is C39H55ClN4O6S. The number of piperazine rings is 1. The number of fused-ring (bicyclic) bond motifs is 4. The fraction of sp³-hybridized carbons (Fsp3) is 0.667. The predicted molar refractivity (Wildman–Crippen MR) is 200 cm³/mol. The third-order valence-corrected chi connectivity index (χ3v) is 14.2. The highest BCUT2D eigenvalue weighted by Gasteiger charge is 2.48. The molecule has 3 fully saturated rings. The van der Waals surface area contributed by atoms with Crippen molar-refractivity contribution in [1.82, 2.24) is 14.5 Å². The lowest BCUT2D eigenvalue weighted by Crippen LogP contribution is -2.62. The normalized spacial score (nSPS) is 32.5. The summed E-state index contributed by atoms with van der Waals surface area (Å²) in [5, 5.41) is 13.6. The fourth-order valence-electron chi connectivity index (χ4n) is 9.10. The number of aliphatic hydroxyl groups is 1. The maximum Gasteiger partial charge on any atom is 0.264 e. The van der Waals surface area contributed by atoms with Gasteiger partial charge in [-0.2, -0.15) is 0 Å². The van der Waals surface area contributed by atoms with Crippen molar-refractivity contribution in [3.05, 3.63) is 58.1 Å². The molecule has 280 valence electrons. The number of carbonyl (C=O) groups excluding carboxylic acids is 1. The topological polar surface area (TPSA) is 112 Å². The lowest BCUT2D eigenvalue weighted by molar-refractivity contribution is -0.121. The summed E-state index contributed by atoms with van der Waals surface area (Å²) in [7, 11) is -3.90. The second kappa shape index (κ2) is 15.5. The number of nitrogens with one attached hydrogen (secondary N) is 1. The van der Waals surface area contributed by atoms with E-state index in [1.807, 2.05) is 25.1 Å². The molecule has 1 aliphatic carbocycles. The molecule has 0 aromatic heterocycles. The number of nitrogens with zero attached hydrogens (tertiary/aromatic N) is 3. The lowest BCUT2D eigenvalue weighted by Gasteiger charge is -2.52. The van der Waals surface area contributed by atoms with Gasteiger partial charge in [-0.15, -0.1) is 0 Å². The van der Waals surface area contributed by atoms with E-state index in [1.165, 1.54) is 5.56 Å². The average molecular weight is 743 g/mol. The summed E-state index contributed by atoms with van der Waals surface area (Å²) in [6, 6.07) is 11.5. The Labute approximate surface area is 308 Å². The molecule has 10 nitrogen and oxygen atoms in total. The predicted octanol–water partition coefficient (Wildman–Crippen LogP) is 4.96. The lowest BCUT2D eigenvalue weighted by atomic mass is 9.62. The van der Waals surface area contributed by atoms with Gasteiger partial charge >= 0.3 is 0 Å². The molecule has 4 aliphatic heterocycles. The number of amides is 1. The number of benzene rings is 2. The van der Waals surface area contributed by atoms with Gasteiger partial charge in [0.25, 0.3) is 5.91 Å². The molecule has 0 radical (unpaired) electrons. The monoisotopic (exact) mass is 742 g/mol. The van der Waals surface area contributed by atoms with Crippen LogP contribution in [0.1, 0.15) is 73.9 Å². The number of ether oxygens (including phenoxy) is 2. The number of β-amino-alcohol motifs (C(OH)–C–C–N with tert-alkyl or cyclic N) is 1. The highest BCUT2D eigenvalue weighted by atomic mass is 35.5. The zero-order valence-corrected chi connectivity index (χ0v) is 31.8. The van der Waals surface area contributed by atoms with Crippen LogP contribution in [0, 0.1) is 23.7 Å². The van der Waals surface area contributed by atoms with Gasteiger partial charge in [0.2, 0.25) is 10.0 Å². The maximum atomic E-state index is 13.5. The summed E-state index contributed by atoms with van der Waals surface area (Å²) in [5.41, 5.74) is 2.42. The molecule has 1 saturated carbocycles. The fourth-order valence-corrected chi connectivity index (χ4v) is 10.8. The number of hydrogen-bond donors (Lipinski definition) is 2. The van der Waals surface area contributed by atoms with Crippen LogP contribution in [0.5, 0.6) is 5.75 Å². The minimum atomic E-state index is -3.90. The minimum absolute atomic E-state index is 0.0474. The Morgan fingerprint density at radius 3 is 2.67 bits per heavy atom. The number of anilines is 1. The smallest absolute Gasteiger partial charge is 0.264 e. The SMILES string of the molecule is C[C@@H]1CS(=O)(=O)NC(=O)c2ccc3c(c2)N(CCCCc2cc(Cl)ccc2CO3)C[C@@H]2CC[C@H]2[C@](O)(CN2CCN3CCOC[C@@H]3C2)CC[C@@H]1C. The third-order valence-electron chi connectivity index (χ3n) is 12.6. The summed E-state index contributed by atoms with van der Waals surface area (Å²) >= 11 is 6.39. The van der Waals surface area contributed by atoms with E-state index in [1.54, 1.807) is 18.2 Å². The Balaban J connectivity index is 1.22. The van der Waals surface area contributed by atoms with Crippen LogP contribution in [-0.4, -0.2) is 106 Å². The van der Waals surface area contributed by atoms with Gasteiger partial charge in [-0.1, -0.05) is 31.5 Å². The van der Waals surface area contributed by atoms with Gasteiger partial charge in [0, 0.05) is 62.4 Å². The molecule has 7 rings (SSSR count). The molecule has 2 N–H and O–H groups in total. The van der Waals surface area contributed by atoms with Crippen molar-refractivity contribution in [2.45, 2.75) is 77.0 Å². The van der Waals surface area contributed by atoms with Gasteiger partial charge in [-0.3, -0.25) is 14.6 Å². The van der Waals surface area contributed by atoms with Gasteiger partial charge < -0.3 is 19.5 Å². The van der Waals surface area contributed by atoms with E-state index in [-0.39, 0.29) is 35.0 Å². The van der Waals surface area contributed by atoms with Crippen molar-refractivity contribution in [3.63, 3.8) is 0 Å². The Morgan fingerprint density at radius 1 is 0.980 bits per heavy atom. The first-order valence-electron chi connectivity index (χ1n) is 19.1. The molecule has 2 aromatic carbocycles. The number of morpholine rings is 1. The standard InChI is InChI=1S/C39H55ClN4O6S/c1-27-12-13-39(46,26-42-15-16-43-17-18-49-24-34(43)22-42)35-10-7-31(35)21-44-14-4-3-5-29-19-33(40)9-6-32(29)23-50-37-11-8-30(20-36(37)44)38(45)41-51(47,48)25-28(27)2/h6,8-9,11,19-20,27-28,31,34-35,46H,3-5,7,10,12-18,21-26H2,1-2H3,(H,41,45)/t27-,28+,31-,34-,35+,39+/m0/s1. The summed E-state index contributed by atoms with van der Waals surface area (Å²) in [6.45, 7) is 11.7. The van der Waals surface area contributed by atoms with Crippen LogP contribution in [0.4, 0.5) is 5.69 Å². The molecule has 2 bridgehead atoms. The van der Waals surface area contributed by atoms with Crippen LogP contribution in [0.15, 0.2) is 36.4 Å². The van der Waals surface area contributed by atoms with Crippen LogP contribution < -0.4 is 14.4 Å². The van der Waals surface area contributed by atoms with Crippen molar-refractivity contribution in [1.29, 1.82) is 0 Å². The Kier molecular flexibility index (Phi) is 11.2. The van der Waals surface area contributed by atoms with Gasteiger partial charge in [-0.05, 0) is 110 Å². The van der Waals surface area contributed by atoms with Gasteiger partial charge in [0.15, 0.2) is 0 Å². The van der Waals surface area contributed by atoms with E-state index in [9.17, 15) is 18.3 Å². The molecule has 51 heavy (non-hydrogen) atoms. The number of rotatable bonds is 2. The summed E-state index contributed by atoms with van der Waals surface area (Å²) in [6.07, 6.45) is 6.07. The number of carbonyl (C=O) groups is 1. The van der Waals surface area contributed by atoms with E-state index in [0.717, 1.165) is 95.8 Å². The number of sulfonamides is 1. The largest absolute Gasteiger partial charge is 0.487 e. The Bertz CT molecular complexity index is 1680. The zero-order valence-electron chi connectivity index (χ0n) is 30.2. The van der Waals surface area contributed by atoms with Crippen molar-refractivity contribution in [2.24, 2.45) is 23.7 Å². The van der Waals surface area contributed by atoms with Crippen molar-refractivity contribution in [3.8, 4) is 5.75 Å². The van der Waals surface area contributed by atoms with Crippen molar-refractivity contribution in [2.75, 3.05) is 69.7 Å². The molecule has 1 amide bonds. The molecule has 2 aromatic rings. The van der Waals surface area contributed by atoms with E-state index in [2.05, 4.69) is 26.3 Å². The van der Waals surface area contributed by atoms with Crippen LogP contribution in [0.3, 0.4) is 0 Å². The first-order valence-corrected chi connectivity index (χ1v) is 21.1. The zero-order chi connectivity index (χ0) is 35.8. The van der Waals surface area contributed by atoms with Crippen LogP contribution >= 0.6 is 11.6 Å². The number of hydrogen-bond acceptors (Lipinski definition) is 9. The summed E-state index contributed by atoms with van der Waals surface area (Å²) in [5.74, 6) is 0.0997. The molecule has 0 unspecified atom stereocenters. The van der Waals surface area contributed by atoms with Crippen molar-refractivity contribution >= 4 is 33.2 Å². The van der Waals surface area contributed by atoms with E-state index >= 15 is 0 Å². The molecule has 4 heterocycles. The highest BCUT2D eigenvalue weighted by molar-refractivity contribution is 7.90. The van der Waals surface area contributed by atoms with Crippen molar-refractivity contribution < 1.29 is 27.8 Å². The Hall–Kier alpha value is -2.41. The maximum absolute atomic E-state index is 13.5. The summed E-state index contributed by atoms with van der Waals surface area (Å²) < 4.78 is 41.4. The quantitative estimate of drug-likeness (QED) is 0.441. The molecule has 6 atom stereocenters. The van der Waals surface area contributed by atoms with E-state index in [0.29, 0.717) is 42.8 Å².